The van der Waals surface area contributed by atoms with Gasteiger partial charge in [-0.2, -0.15) is 0 Å². The molecule has 0 radical (unpaired) electrons. The zero-order chi connectivity index (χ0) is 19.7. The van der Waals surface area contributed by atoms with Gasteiger partial charge in [-0.15, -0.1) is 0 Å². The average molecular weight is 372 g/mol. The minimum absolute atomic E-state index is 0.0669. The lowest BCUT2D eigenvalue weighted by Crippen LogP contribution is -2.47. The maximum Gasteiger partial charge on any atom is 0.231 e. The molecule has 1 aromatic heterocycles. The van der Waals surface area contributed by atoms with Crippen molar-refractivity contribution in [2.75, 3.05) is 11.9 Å². The number of Topliss-reactive ketones (excluding diaryl/α,β-unsaturated/α-hetero) is 1. The number of rotatable bonds is 11. The van der Waals surface area contributed by atoms with Gasteiger partial charge < -0.3 is 20.4 Å². The van der Waals surface area contributed by atoms with Crippen LogP contribution in [0.3, 0.4) is 0 Å². The Hall–Kier alpha value is -3.00. The first-order chi connectivity index (χ1) is 12.9. The molecule has 8 nitrogen and oxygen atoms in total. The quantitative estimate of drug-likeness (QED) is 0.519. The fourth-order valence-electron chi connectivity index (χ4n) is 2.39. The van der Waals surface area contributed by atoms with Crippen LogP contribution in [-0.2, 0) is 25.7 Å². The molecule has 2 rings (SSSR count). The first-order valence-electron chi connectivity index (χ1n) is 8.58. The van der Waals surface area contributed by atoms with E-state index in [-0.39, 0.29) is 24.7 Å². The Kier molecular flexibility index (Phi) is 7.25. The Morgan fingerprint density at radius 3 is 2.67 bits per heavy atom. The molecule has 1 atom stereocenters. The third-order valence-corrected chi connectivity index (χ3v) is 4.11. The molecule has 0 saturated heterocycles. The molecule has 0 unspecified atom stereocenters. The van der Waals surface area contributed by atoms with Crippen molar-refractivity contribution in [3.05, 3.63) is 48.4 Å². The fraction of sp³-hybridized carbons (Fsp3) is 0.368. The summed E-state index contributed by atoms with van der Waals surface area (Å²) in [4.78, 5) is 42.5. The van der Waals surface area contributed by atoms with Crippen LogP contribution in [0.2, 0.25) is 0 Å². The zero-order valence-corrected chi connectivity index (χ0v) is 15.4. The number of ether oxygens (including phenoxy) is 1. The van der Waals surface area contributed by atoms with Crippen LogP contribution < -0.4 is 10.6 Å². The molecule has 0 fully saturated rings. The molecule has 3 N–H and O–H groups in total. The Bertz CT molecular complexity index is 744. The van der Waals surface area contributed by atoms with E-state index in [0.29, 0.717) is 18.8 Å². The van der Waals surface area contributed by atoms with E-state index in [0.717, 1.165) is 5.56 Å². The van der Waals surface area contributed by atoms with Crippen LogP contribution in [0.25, 0.3) is 0 Å². The number of benzene rings is 1. The van der Waals surface area contributed by atoms with Crippen molar-refractivity contribution in [2.45, 2.75) is 32.4 Å². The van der Waals surface area contributed by atoms with Crippen molar-refractivity contribution >= 4 is 23.9 Å². The molecule has 27 heavy (non-hydrogen) atoms. The van der Waals surface area contributed by atoms with Gasteiger partial charge in [0, 0.05) is 6.42 Å². The predicted molar refractivity (Wildman–Crippen MR) is 99.7 cm³/mol. The third-order valence-electron chi connectivity index (χ3n) is 4.11. The van der Waals surface area contributed by atoms with Gasteiger partial charge >= 0.3 is 0 Å². The fourth-order valence-corrected chi connectivity index (χ4v) is 2.39. The normalized spacial score (nSPS) is 12.2. The van der Waals surface area contributed by atoms with Gasteiger partial charge in [-0.05, 0) is 19.4 Å². The smallest absolute Gasteiger partial charge is 0.231 e. The van der Waals surface area contributed by atoms with Gasteiger partial charge in [0.05, 0.1) is 37.2 Å². The maximum atomic E-state index is 12.6. The van der Waals surface area contributed by atoms with E-state index in [1.807, 2.05) is 30.3 Å². The Balaban J connectivity index is 2.01. The summed E-state index contributed by atoms with van der Waals surface area (Å²) in [5.74, 6) is -0.895. The lowest BCUT2D eigenvalue weighted by molar-refractivity contribution is -0.132. The molecule has 2 aromatic rings. The van der Waals surface area contributed by atoms with Gasteiger partial charge in [0.25, 0.3) is 0 Å². The summed E-state index contributed by atoms with van der Waals surface area (Å²) in [6.07, 6.45) is 3.32. The number of imidazole rings is 1. The van der Waals surface area contributed by atoms with Crippen molar-refractivity contribution in [3.63, 3.8) is 0 Å². The summed E-state index contributed by atoms with van der Waals surface area (Å²) in [6, 6.07) is 9.55. The van der Waals surface area contributed by atoms with Gasteiger partial charge in [0.1, 0.15) is 5.82 Å². The number of hydrogen-bond acceptors (Lipinski definition) is 5. The highest BCUT2D eigenvalue weighted by molar-refractivity contribution is 5.97. The maximum absolute atomic E-state index is 12.6. The van der Waals surface area contributed by atoms with Crippen molar-refractivity contribution in [3.8, 4) is 0 Å². The van der Waals surface area contributed by atoms with Crippen LogP contribution in [0.1, 0.15) is 25.8 Å². The number of carbonyl (C=O) groups is 3. The van der Waals surface area contributed by atoms with Crippen LogP contribution >= 0.6 is 0 Å². The minimum Gasteiger partial charge on any atom is -0.376 e. The van der Waals surface area contributed by atoms with E-state index >= 15 is 0 Å². The van der Waals surface area contributed by atoms with Gasteiger partial charge in [0.2, 0.25) is 12.3 Å². The number of carbonyl (C=O) groups excluding carboxylic acids is 3. The second kappa shape index (κ2) is 9.63. The second-order valence-electron chi connectivity index (χ2n) is 6.67. The highest BCUT2D eigenvalue weighted by Crippen LogP contribution is 2.16. The van der Waals surface area contributed by atoms with Crippen molar-refractivity contribution < 1.29 is 19.1 Å². The van der Waals surface area contributed by atoms with Crippen LogP contribution in [0.4, 0.5) is 5.82 Å². The predicted octanol–water partition coefficient (Wildman–Crippen LogP) is 1.66. The van der Waals surface area contributed by atoms with Crippen LogP contribution in [0.5, 0.6) is 0 Å². The third kappa shape index (κ3) is 6.34. The standard InChI is InChI=1S/C19H24N4O4/c1-19(2,22-13-24)16(25)8-15(18(26)23-17-9-20-12-21-17)11-27-10-14-6-4-3-5-7-14/h3-7,9,12-13,15H,8,10-11H2,1-2H3,(H,20,21)(H,22,24)(H,23,26)/t15-/m1/s1. The van der Waals surface area contributed by atoms with Crippen molar-refractivity contribution in [2.24, 2.45) is 5.92 Å². The summed E-state index contributed by atoms with van der Waals surface area (Å²) in [5, 5.41) is 5.15. The molecule has 0 aliphatic rings. The molecule has 144 valence electrons. The lowest BCUT2D eigenvalue weighted by Gasteiger charge is -2.25. The molecule has 8 heteroatoms. The van der Waals surface area contributed by atoms with E-state index < -0.39 is 11.5 Å². The molecule has 0 spiro atoms. The number of H-pyrrole nitrogens is 1. The highest BCUT2D eigenvalue weighted by Gasteiger charge is 2.31. The van der Waals surface area contributed by atoms with E-state index in [1.54, 1.807) is 13.8 Å². The summed E-state index contributed by atoms with van der Waals surface area (Å²) >= 11 is 0. The van der Waals surface area contributed by atoms with Crippen LogP contribution in [0, 0.1) is 5.92 Å². The molecule has 0 aliphatic heterocycles. The molecular formula is C19H24N4O4. The number of hydrogen-bond donors (Lipinski definition) is 3. The Morgan fingerprint density at radius 1 is 1.30 bits per heavy atom. The van der Waals surface area contributed by atoms with Gasteiger partial charge in [0.15, 0.2) is 5.78 Å². The number of anilines is 1. The minimum atomic E-state index is -1.06. The highest BCUT2D eigenvalue weighted by atomic mass is 16.5. The topological polar surface area (TPSA) is 113 Å². The van der Waals surface area contributed by atoms with Crippen molar-refractivity contribution in [1.29, 1.82) is 0 Å². The molecule has 1 heterocycles. The number of ketones is 1. The van der Waals surface area contributed by atoms with E-state index in [1.165, 1.54) is 12.5 Å². The Morgan fingerprint density at radius 2 is 2.04 bits per heavy atom. The Labute approximate surface area is 157 Å². The average Bonchev–Trinajstić information content (AvgIpc) is 3.14. The summed E-state index contributed by atoms with van der Waals surface area (Å²) in [5.41, 5.74) is -0.0900. The van der Waals surface area contributed by atoms with Gasteiger partial charge in [-0.1, -0.05) is 30.3 Å². The van der Waals surface area contributed by atoms with Crippen molar-refractivity contribution in [1.82, 2.24) is 15.3 Å². The second-order valence-corrected chi connectivity index (χ2v) is 6.67. The summed E-state index contributed by atoms with van der Waals surface area (Å²) in [6.45, 7) is 3.59. The first-order valence-corrected chi connectivity index (χ1v) is 8.58. The number of amides is 2. The number of nitrogens with zero attached hydrogens (tertiary/aromatic N) is 1. The summed E-state index contributed by atoms with van der Waals surface area (Å²) < 4.78 is 5.67. The summed E-state index contributed by atoms with van der Waals surface area (Å²) in [7, 11) is 0. The number of aromatic nitrogens is 2. The number of nitrogens with one attached hydrogen (secondary N) is 3. The zero-order valence-electron chi connectivity index (χ0n) is 15.4. The van der Waals surface area contributed by atoms with E-state index in [9.17, 15) is 14.4 Å². The SMILES string of the molecule is CC(C)(NC=O)C(=O)C[C@H](COCc1ccccc1)C(=O)Nc1cnc[nH]1. The number of aromatic amines is 1. The van der Waals surface area contributed by atoms with Gasteiger partial charge in [-0.25, -0.2) is 4.98 Å². The monoisotopic (exact) mass is 372 g/mol. The van der Waals surface area contributed by atoms with Crippen LogP contribution in [-0.4, -0.2) is 40.2 Å². The lowest BCUT2D eigenvalue weighted by atomic mass is 9.90. The molecule has 0 saturated carbocycles. The molecule has 0 bridgehead atoms. The molecule has 2 amide bonds. The molecule has 0 aliphatic carbocycles. The largest absolute Gasteiger partial charge is 0.376 e. The van der Waals surface area contributed by atoms with Gasteiger partial charge in [-0.3, -0.25) is 14.4 Å². The van der Waals surface area contributed by atoms with E-state index in [2.05, 4.69) is 20.6 Å². The molecule has 1 aromatic carbocycles. The molecular weight excluding hydrogens is 348 g/mol. The first kappa shape index (κ1) is 20.3. The van der Waals surface area contributed by atoms with Crippen LogP contribution in [0.15, 0.2) is 42.9 Å². The van der Waals surface area contributed by atoms with E-state index in [4.69, 9.17) is 4.74 Å².